The van der Waals surface area contributed by atoms with Gasteiger partial charge in [0.25, 0.3) is 0 Å². The fraction of sp³-hybridized carbons (Fsp3) is 0.100. The topological polar surface area (TPSA) is 61.8 Å². The summed E-state index contributed by atoms with van der Waals surface area (Å²) in [5.74, 6) is 0. The zero-order valence-corrected chi connectivity index (χ0v) is 13.4. The molecule has 1 unspecified atom stereocenters. The van der Waals surface area contributed by atoms with Crippen LogP contribution in [0.15, 0.2) is 67.0 Å². The van der Waals surface area contributed by atoms with Crippen molar-refractivity contribution in [3.05, 3.63) is 83.8 Å². The number of nitrogens with one attached hydrogen (secondary N) is 1. The lowest BCUT2D eigenvalue weighted by Crippen LogP contribution is -1.99. The van der Waals surface area contributed by atoms with Crippen LogP contribution < -0.4 is 0 Å². The molecule has 4 aromatic rings. The van der Waals surface area contributed by atoms with Crippen molar-refractivity contribution in [2.75, 3.05) is 0 Å². The van der Waals surface area contributed by atoms with Gasteiger partial charge in [-0.25, -0.2) is 14.4 Å². The van der Waals surface area contributed by atoms with E-state index >= 15 is 0 Å². The van der Waals surface area contributed by atoms with Gasteiger partial charge >= 0.3 is 0 Å². The normalized spacial score (nSPS) is 12.4. The molecule has 2 N–H and O–H groups in total. The number of fused-ring (bicyclic) bond motifs is 1. The van der Waals surface area contributed by atoms with Crippen molar-refractivity contribution < 1.29 is 9.50 Å². The van der Waals surface area contributed by atoms with Crippen LogP contribution in [0.5, 0.6) is 0 Å². The quantitative estimate of drug-likeness (QED) is 0.589. The minimum atomic E-state index is -1.31. The summed E-state index contributed by atoms with van der Waals surface area (Å²) in [6.07, 6.45) is 0.0645. The van der Waals surface area contributed by atoms with Gasteiger partial charge in [-0.1, -0.05) is 54.6 Å². The highest BCUT2D eigenvalue weighted by atomic mass is 19.1. The Bertz CT molecular complexity index is 997. The molecule has 0 radical (unpaired) electrons. The Labute approximate surface area is 144 Å². The van der Waals surface area contributed by atoms with Crippen LogP contribution in [-0.4, -0.2) is 20.1 Å². The second-order valence-electron chi connectivity index (χ2n) is 5.83. The monoisotopic (exact) mass is 333 g/mol. The zero-order chi connectivity index (χ0) is 17.2. The largest absolute Gasteiger partial charge is 0.392 e. The van der Waals surface area contributed by atoms with Crippen LogP contribution in [0, 0.1) is 0 Å². The molecule has 5 heteroatoms. The summed E-state index contributed by atoms with van der Waals surface area (Å²) in [6, 6.07) is 18.4. The molecule has 0 aliphatic rings. The third-order valence-corrected chi connectivity index (χ3v) is 4.24. The molecular formula is C20H16FN3O. The van der Waals surface area contributed by atoms with Gasteiger partial charge in [0.2, 0.25) is 0 Å². The lowest BCUT2D eigenvalue weighted by atomic mass is 10.0. The van der Waals surface area contributed by atoms with Crippen molar-refractivity contribution in [2.24, 2.45) is 0 Å². The summed E-state index contributed by atoms with van der Waals surface area (Å²) in [4.78, 5) is 11.6. The number of nitrogens with zero attached hydrogens (tertiary/aromatic N) is 2. The molecule has 2 heterocycles. The first-order chi connectivity index (χ1) is 12.3. The number of aromatic amines is 1. The smallest absolute Gasteiger partial charge is 0.168 e. The van der Waals surface area contributed by atoms with Crippen LogP contribution in [0.3, 0.4) is 0 Å². The number of hydrogen-bond acceptors (Lipinski definition) is 3. The average Bonchev–Trinajstić information content (AvgIpc) is 3.12. The molecule has 1 atom stereocenters. The Morgan fingerprint density at radius 1 is 1.00 bits per heavy atom. The van der Waals surface area contributed by atoms with Crippen LogP contribution in [0.1, 0.15) is 23.0 Å². The SMILES string of the molecule is OCc1ccc(-c2cc3c(C(F)c4ccccc4)ncnc3[nH]2)cc1. The van der Waals surface area contributed by atoms with Crippen molar-refractivity contribution in [2.45, 2.75) is 12.8 Å². The highest BCUT2D eigenvalue weighted by Crippen LogP contribution is 2.32. The standard InChI is InChI=1S/C20H16FN3O/c21-18(15-4-2-1-3-5-15)19-16-10-17(24-20(16)23-12-22-19)14-8-6-13(11-25)7-9-14/h1-10,12,18,25H,11H2,(H,22,23,24). The molecule has 124 valence electrons. The summed E-state index contributed by atoms with van der Waals surface area (Å²) in [6.45, 7) is 0.00319. The summed E-state index contributed by atoms with van der Waals surface area (Å²) in [5, 5.41) is 9.82. The van der Waals surface area contributed by atoms with Crippen LogP contribution in [0.25, 0.3) is 22.3 Å². The summed E-state index contributed by atoms with van der Waals surface area (Å²) in [7, 11) is 0. The van der Waals surface area contributed by atoms with E-state index in [0.717, 1.165) is 16.8 Å². The Kier molecular flexibility index (Phi) is 3.99. The third kappa shape index (κ3) is 2.90. The number of aliphatic hydroxyl groups is 1. The fourth-order valence-corrected chi connectivity index (χ4v) is 2.89. The number of rotatable bonds is 4. The molecule has 0 aliphatic carbocycles. The molecule has 4 rings (SSSR count). The second kappa shape index (κ2) is 6.45. The number of aliphatic hydroxyl groups excluding tert-OH is 1. The number of halogens is 1. The molecule has 0 saturated heterocycles. The molecule has 2 aromatic heterocycles. The molecule has 0 bridgehead atoms. The Hall–Kier alpha value is -3.05. The second-order valence-corrected chi connectivity index (χ2v) is 5.83. The Morgan fingerprint density at radius 3 is 2.48 bits per heavy atom. The van der Waals surface area contributed by atoms with Crippen molar-refractivity contribution in [1.29, 1.82) is 0 Å². The lowest BCUT2D eigenvalue weighted by Gasteiger charge is -2.08. The minimum Gasteiger partial charge on any atom is -0.392 e. The molecule has 0 saturated carbocycles. The molecule has 0 aliphatic heterocycles. The van der Waals surface area contributed by atoms with Gasteiger partial charge < -0.3 is 10.1 Å². The molecule has 2 aromatic carbocycles. The molecule has 4 nitrogen and oxygen atoms in total. The first kappa shape index (κ1) is 15.5. The van der Waals surface area contributed by atoms with E-state index in [1.807, 2.05) is 48.5 Å². The van der Waals surface area contributed by atoms with Crippen LogP contribution in [-0.2, 0) is 6.61 Å². The van der Waals surface area contributed by atoms with Gasteiger partial charge in [-0.15, -0.1) is 0 Å². The predicted octanol–water partition coefficient (Wildman–Crippen LogP) is 4.18. The number of alkyl halides is 1. The molecule has 0 amide bonds. The van der Waals surface area contributed by atoms with Gasteiger partial charge in [-0.3, -0.25) is 0 Å². The van der Waals surface area contributed by atoms with Gasteiger partial charge in [0.05, 0.1) is 12.3 Å². The van der Waals surface area contributed by atoms with Crippen molar-refractivity contribution >= 4 is 11.0 Å². The van der Waals surface area contributed by atoms with E-state index in [1.165, 1.54) is 6.33 Å². The van der Waals surface area contributed by atoms with Gasteiger partial charge in [0.15, 0.2) is 6.17 Å². The van der Waals surface area contributed by atoms with E-state index in [-0.39, 0.29) is 6.61 Å². The molecule has 25 heavy (non-hydrogen) atoms. The van der Waals surface area contributed by atoms with Gasteiger partial charge in [-0.05, 0) is 22.8 Å². The fourth-order valence-electron chi connectivity index (χ4n) is 2.89. The van der Waals surface area contributed by atoms with Crippen LogP contribution in [0.4, 0.5) is 4.39 Å². The number of hydrogen-bond donors (Lipinski definition) is 2. The summed E-state index contributed by atoms with van der Waals surface area (Å²) in [5.41, 5.74) is 4.14. The molecule has 0 spiro atoms. The predicted molar refractivity (Wildman–Crippen MR) is 94.6 cm³/mol. The van der Waals surface area contributed by atoms with Gasteiger partial charge in [-0.2, -0.15) is 0 Å². The zero-order valence-electron chi connectivity index (χ0n) is 13.4. The van der Waals surface area contributed by atoms with E-state index in [9.17, 15) is 4.39 Å². The van der Waals surface area contributed by atoms with E-state index in [1.54, 1.807) is 12.1 Å². The van der Waals surface area contributed by atoms with E-state index in [4.69, 9.17) is 5.11 Å². The maximum atomic E-state index is 15.0. The molecule has 0 fully saturated rings. The van der Waals surface area contributed by atoms with E-state index in [2.05, 4.69) is 15.0 Å². The summed E-state index contributed by atoms with van der Waals surface area (Å²) < 4.78 is 15.0. The van der Waals surface area contributed by atoms with E-state index < -0.39 is 6.17 Å². The van der Waals surface area contributed by atoms with Crippen LogP contribution >= 0.6 is 0 Å². The summed E-state index contributed by atoms with van der Waals surface area (Å²) >= 11 is 0. The number of aromatic nitrogens is 3. The first-order valence-electron chi connectivity index (χ1n) is 7.99. The lowest BCUT2D eigenvalue weighted by molar-refractivity contribution is 0.282. The van der Waals surface area contributed by atoms with Gasteiger partial charge in [0.1, 0.15) is 12.0 Å². The maximum absolute atomic E-state index is 15.0. The average molecular weight is 333 g/mol. The van der Waals surface area contributed by atoms with E-state index in [0.29, 0.717) is 22.3 Å². The van der Waals surface area contributed by atoms with Crippen molar-refractivity contribution in [3.63, 3.8) is 0 Å². The Balaban J connectivity index is 1.78. The highest BCUT2D eigenvalue weighted by Gasteiger charge is 2.19. The highest BCUT2D eigenvalue weighted by molar-refractivity contribution is 5.85. The number of H-pyrrole nitrogens is 1. The van der Waals surface area contributed by atoms with Crippen LogP contribution in [0.2, 0.25) is 0 Å². The molecular weight excluding hydrogens is 317 g/mol. The first-order valence-corrected chi connectivity index (χ1v) is 7.99. The van der Waals surface area contributed by atoms with Crippen molar-refractivity contribution in [1.82, 2.24) is 15.0 Å². The Morgan fingerprint density at radius 2 is 1.76 bits per heavy atom. The van der Waals surface area contributed by atoms with Gasteiger partial charge in [0, 0.05) is 11.1 Å². The number of benzene rings is 2. The third-order valence-electron chi connectivity index (χ3n) is 4.24. The van der Waals surface area contributed by atoms with Crippen molar-refractivity contribution in [3.8, 4) is 11.3 Å². The maximum Gasteiger partial charge on any atom is 0.168 e. The minimum absolute atomic E-state index is 0.00319.